The second-order valence-corrected chi connectivity index (χ2v) is 5.68. The second kappa shape index (κ2) is 5.57. The molecule has 0 aliphatic carbocycles. The van der Waals surface area contributed by atoms with Crippen molar-refractivity contribution < 1.29 is 0 Å². The standard InChI is InChI=1S/C18H19N3/c1-13-10-14(2)20-18(17(13)11-19)21-9-5-8-15-6-3-4-7-16(15)12-21/h3-4,6-7,10H,5,8-9,12H2,1-2H3. The van der Waals surface area contributed by atoms with E-state index in [9.17, 15) is 5.26 Å². The Morgan fingerprint density at radius 3 is 2.71 bits per heavy atom. The number of benzene rings is 1. The van der Waals surface area contributed by atoms with Gasteiger partial charge in [-0.1, -0.05) is 24.3 Å². The SMILES string of the molecule is Cc1cc(C)c(C#N)c(N2CCCc3ccccc3C2)n1. The van der Waals surface area contributed by atoms with E-state index < -0.39 is 0 Å². The number of fused-ring (bicyclic) bond motifs is 1. The number of hydrogen-bond acceptors (Lipinski definition) is 3. The molecule has 1 aromatic carbocycles. The lowest BCUT2D eigenvalue weighted by molar-refractivity contribution is 0.751. The van der Waals surface area contributed by atoms with Gasteiger partial charge in [-0.15, -0.1) is 0 Å². The first kappa shape index (κ1) is 13.6. The Balaban J connectivity index is 2.04. The molecular formula is C18H19N3. The molecule has 106 valence electrons. The van der Waals surface area contributed by atoms with Crippen molar-refractivity contribution in [3.8, 4) is 6.07 Å². The predicted molar refractivity (Wildman–Crippen MR) is 84.2 cm³/mol. The highest BCUT2D eigenvalue weighted by molar-refractivity contribution is 5.58. The summed E-state index contributed by atoms with van der Waals surface area (Å²) in [7, 11) is 0. The van der Waals surface area contributed by atoms with Crippen molar-refractivity contribution >= 4 is 5.82 Å². The van der Waals surface area contributed by atoms with Crippen LogP contribution in [0.1, 0.15) is 34.4 Å². The fraction of sp³-hybridized carbons (Fsp3) is 0.333. The van der Waals surface area contributed by atoms with Gasteiger partial charge in [-0.2, -0.15) is 5.26 Å². The lowest BCUT2D eigenvalue weighted by atomic mass is 10.0. The van der Waals surface area contributed by atoms with Crippen LogP contribution in [0.2, 0.25) is 0 Å². The van der Waals surface area contributed by atoms with Crippen LogP contribution in [0.3, 0.4) is 0 Å². The van der Waals surface area contributed by atoms with Gasteiger partial charge < -0.3 is 4.90 Å². The topological polar surface area (TPSA) is 39.9 Å². The van der Waals surface area contributed by atoms with Gasteiger partial charge in [-0.25, -0.2) is 4.98 Å². The molecule has 0 fully saturated rings. The van der Waals surface area contributed by atoms with E-state index in [1.807, 2.05) is 19.9 Å². The number of nitriles is 1. The van der Waals surface area contributed by atoms with Crippen LogP contribution in [-0.2, 0) is 13.0 Å². The highest BCUT2D eigenvalue weighted by Gasteiger charge is 2.19. The molecule has 0 spiro atoms. The van der Waals surface area contributed by atoms with E-state index in [1.165, 1.54) is 11.1 Å². The van der Waals surface area contributed by atoms with Crippen LogP contribution < -0.4 is 4.90 Å². The van der Waals surface area contributed by atoms with Crippen molar-refractivity contribution in [1.29, 1.82) is 5.26 Å². The van der Waals surface area contributed by atoms with Crippen LogP contribution in [0.15, 0.2) is 30.3 Å². The van der Waals surface area contributed by atoms with Crippen molar-refractivity contribution in [2.75, 3.05) is 11.4 Å². The predicted octanol–water partition coefficient (Wildman–Crippen LogP) is 3.52. The van der Waals surface area contributed by atoms with E-state index in [0.29, 0.717) is 5.56 Å². The summed E-state index contributed by atoms with van der Waals surface area (Å²) < 4.78 is 0. The molecule has 3 heteroatoms. The zero-order valence-corrected chi connectivity index (χ0v) is 12.6. The molecular weight excluding hydrogens is 258 g/mol. The Hall–Kier alpha value is -2.34. The molecule has 0 radical (unpaired) electrons. The molecule has 0 N–H and O–H groups in total. The summed E-state index contributed by atoms with van der Waals surface area (Å²) >= 11 is 0. The van der Waals surface area contributed by atoms with E-state index in [4.69, 9.17) is 0 Å². The number of nitrogens with zero attached hydrogens (tertiary/aromatic N) is 3. The average molecular weight is 277 g/mol. The fourth-order valence-electron chi connectivity index (χ4n) is 3.07. The molecule has 2 heterocycles. The van der Waals surface area contributed by atoms with Crippen LogP contribution in [0, 0.1) is 25.2 Å². The molecule has 0 atom stereocenters. The van der Waals surface area contributed by atoms with Crippen molar-refractivity contribution in [2.45, 2.75) is 33.2 Å². The summed E-state index contributed by atoms with van der Waals surface area (Å²) in [5, 5.41) is 9.47. The molecule has 0 saturated heterocycles. The summed E-state index contributed by atoms with van der Waals surface area (Å²) in [6, 6.07) is 12.9. The number of rotatable bonds is 1. The molecule has 1 aliphatic heterocycles. The Bertz CT molecular complexity index is 713. The van der Waals surface area contributed by atoms with Gasteiger partial charge >= 0.3 is 0 Å². The molecule has 0 bridgehead atoms. The van der Waals surface area contributed by atoms with E-state index in [1.54, 1.807) is 0 Å². The quantitative estimate of drug-likeness (QED) is 0.800. The molecule has 2 aromatic rings. The Morgan fingerprint density at radius 2 is 1.95 bits per heavy atom. The third kappa shape index (κ3) is 2.62. The smallest absolute Gasteiger partial charge is 0.147 e. The maximum Gasteiger partial charge on any atom is 0.147 e. The third-order valence-electron chi connectivity index (χ3n) is 4.09. The molecule has 3 nitrogen and oxygen atoms in total. The minimum atomic E-state index is 0.708. The van der Waals surface area contributed by atoms with E-state index in [2.05, 4.69) is 40.2 Å². The summed E-state index contributed by atoms with van der Waals surface area (Å²) in [6.45, 7) is 5.76. The molecule has 3 rings (SSSR count). The van der Waals surface area contributed by atoms with Gasteiger partial charge in [-0.05, 0) is 49.4 Å². The first-order valence-corrected chi connectivity index (χ1v) is 7.39. The number of aromatic nitrogens is 1. The van der Waals surface area contributed by atoms with Gasteiger partial charge in [-0.3, -0.25) is 0 Å². The zero-order valence-electron chi connectivity index (χ0n) is 12.6. The first-order chi connectivity index (χ1) is 10.2. The molecule has 1 aromatic heterocycles. The molecule has 0 amide bonds. The summed E-state index contributed by atoms with van der Waals surface area (Å²) in [6.07, 6.45) is 2.19. The Labute approximate surface area is 125 Å². The van der Waals surface area contributed by atoms with E-state index >= 15 is 0 Å². The van der Waals surface area contributed by atoms with Gasteiger partial charge in [0.2, 0.25) is 0 Å². The van der Waals surface area contributed by atoms with Crippen molar-refractivity contribution in [1.82, 2.24) is 4.98 Å². The maximum atomic E-state index is 9.47. The number of aryl methyl sites for hydroxylation is 3. The highest BCUT2D eigenvalue weighted by atomic mass is 15.2. The zero-order chi connectivity index (χ0) is 14.8. The summed E-state index contributed by atoms with van der Waals surface area (Å²) in [5.41, 5.74) is 5.46. The molecule has 0 unspecified atom stereocenters. The fourth-order valence-corrected chi connectivity index (χ4v) is 3.07. The lowest BCUT2D eigenvalue weighted by Gasteiger charge is -2.24. The van der Waals surface area contributed by atoms with Gasteiger partial charge in [0.25, 0.3) is 0 Å². The molecule has 1 aliphatic rings. The van der Waals surface area contributed by atoms with Gasteiger partial charge in [0.05, 0.1) is 5.56 Å². The molecule has 0 saturated carbocycles. The van der Waals surface area contributed by atoms with Gasteiger partial charge in [0.1, 0.15) is 11.9 Å². The van der Waals surface area contributed by atoms with Crippen LogP contribution in [0.5, 0.6) is 0 Å². The first-order valence-electron chi connectivity index (χ1n) is 7.39. The number of pyridine rings is 1. The highest BCUT2D eigenvalue weighted by Crippen LogP contribution is 2.27. The van der Waals surface area contributed by atoms with Crippen molar-refractivity contribution in [3.05, 3.63) is 58.3 Å². The normalized spacial score (nSPS) is 14.2. The maximum absolute atomic E-state index is 9.47. The largest absolute Gasteiger partial charge is 0.351 e. The van der Waals surface area contributed by atoms with Crippen LogP contribution in [0.25, 0.3) is 0 Å². The van der Waals surface area contributed by atoms with E-state index in [0.717, 1.165) is 43.0 Å². The van der Waals surface area contributed by atoms with Gasteiger partial charge in [0.15, 0.2) is 0 Å². The van der Waals surface area contributed by atoms with Crippen LogP contribution in [-0.4, -0.2) is 11.5 Å². The second-order valence-electron chi connectivity index (χ2n) is 5.68. The van der Waals surface area contributed by atoms with Crippen molar-refractivity contribution in [3.63, 3.8) is 0 Å². The Morgan fingerprint density at radius 1 is 1.19 bits per heavy atom. The molecule has 21 heavy (non-hydrogen) atoms. The number of hydrogen-bond donors (Lipinski definition) is 0. The van der Waals surface area contributed by atoms with Gasteiger partial charge in [0, 0.05) is 18.8 Å². The average Bonchev–Trinajstić information content (AvgIpc) is 2.68. The minimum absolute atomic E-state index is 0.708. The van der Waals surface area contributed by atoms with E-state index in [-0.39, 0.29) is 0 Å². The minimum Gasteiger partial charge on any atom is -0.351 e. The summed E-state index contributed by atoms with van der Waals surface area (Å²) in [5.74, 6) is 0.840. The lowest BCUT2D eigenvalue weighted by Crippen LogP contribution is -2.25. The number of anilines is 1. The summed E-state index contributed by atoms with van der Waals surface area (Å²) in [4.78, 5) is 6.90. The van der Waals surface area contributed by atoms with Crippen LogP contribution >= 0.6 is 0 Å². The Kier molecular flexibility index (Phi) is 3.62. The van der Waals surface area contributed by atoms with Crippen LogP contribution in [0.4, 0.5) is 5.82 Å². The monoisotopic (exact) mass is 277 g/mol. The third-order valence-corrected chi connectivity index (χ3v) is 4.09. The van der Waals surface area contributed by atoms with Crippen molar-refractivity contribution in [2.24, 2.45) is 0 Å².